The van der Waals surface area contributed by atoms with E-state index in [2.05, 4.69) is 4.72 Å². The van der Waals surface area contributed by atoms with Gasteiger partial charge in [-0.3, -0.25) is 0 Å². The zero-order chi connectivity index (χ0) is 10.6. The van der Waals surface area contributed by atoms with Crippen molar-refractivity contribution in [3.63, 3.8) is 0 Å². The van der Waals surface area contributed by atoms with E-state index in [-0.39, 0.29) is 18.4 Å². The summed E-state index contributed by atoms with van der Waals surface area (Å²) in [5.41, 5.74) is 0. The van der Waals surface area contributed by atoms with Crippen molar-refractivity contribution in [2.24, 2.45) is 0 Å². The van der Waals surface area contributed by atoms with E-state index in [1.165, 1.54) is 6.92 Å². The van der Waals surface area contributed by atoms with Gasteiger partial charge in [-0.1, -0.05) is 0 Å². The summed E-state index contributed by atoms with van der Waals surface area (Å²) < 4.78 is 30.3. The maximum absolute atomic E-state index is 11.4. The first-order chi connectivity index (χ1) is 6.49. The highest BCUT2D eigenvalue weighted by atomic mass is 32.2. The average molecular weight is 223 g/mol. The Morgan fingerprint density at radius 1 is 1.64 bits per heavy atom. The molecule has 5 nitrogen and oxygen atoms in total. The van der Waals surface area contributed by atoms with Crippen LogP contribution >= 0.6 is 0 Å². The van der Waals surface area contributed by atoms with Gasteiger partial charge in [0.15, 0.2) is 0 Å². The Kier molecular flexibility index (Phi) is 4.31. The largest absolute Gasteiger partial charge is 0.392 e. The third-order valence-corrected chi connectivity index (χ3v) is 3.45. The minimum atomic E-state index is -3.30. The fourth-order valence-electron chi connectivity index (χ4n) is 1.33. The quantitative estimate of drug-likeness (QED) is 0.656. The Balaban J connectivity index is 2.33. The van der Waals surface area contributed by atoms with Crippen molar-refractivity contribution in [3.05, 3.63) is 0 Å². The van der Waals surface area contributed by atoms with Gasteiger partial charge in [-0.15, -0.1) is 0 Å². The van der Waals surface area contributed by atoms with Crippen molar-refractivity contribution in [2.75, 3.05) is 18.9 Å². The lowest BCUT2D eigenvalue weighted by Gasteiger charge is -2.11. The third-order valence-electron chi connectivity index (χ3n) is 2.03. The summed E-state index contributed by atoms with van der Waals surface area (Å²) in [6.07, 6.45) is 0.891. The van der Waals surface area contributed by atoms with Crippen LogP contribution in [0, 0.1) is 0 Å². The SMILES string of the molecule is C[C@@H](O)CNS(=O)(=O)CC1CCCO1. The first-order valence-electron chi connectivity index (χ1n) is 4.76. The number of hydrogen-bond acceptors (Lipinski definition) is 4. The number of hydrogen-bond donors (Lipinski definition) is 2. The molecule has 84 valence electrons. The van der Waals surface area contributed by atoms with Crippen LogP contribution in [0.2, 0.25) is 0 Å². The van der Waals surface area contributed by atoms with Crippen LogP contribution in [0.5, 0.6) is 0 Å². The molecule has 0 aliphatic carbocycles. The van der Waals surface area contributed by atoms with Crippen molar-refractivity contribution >= 4 is 10.0 Å². The van der Waals surface area contributed by atoms with Gasteiger partial charge in [0.25, 0.3) is 0 Å². The Morgan fingerprint density at radius 2 is 2.36 bits per heavy atom. The van der Waals surface area contributed by atoms with E-state index >= 15 is 0 Å². The lowest BCUT2D eigenvalue weighted by molar-refractivity contribution is 0.127. The molecule has 0 bridgehead atoms. The lowest BCUT2D eigenvalue weighted by atomic mass is 10.3. The number of sulfonamides is 1. The Labute approximate surface area is 84.5 Å². The Bertz CT molecular complexity index is 257. The molecule has 0 amide bonds. The Hall–Kier alpha value is -0.170. The number of ether oxygens (including phenoxy) is 1. The number of aliphatic hydroxyl groups is 1. The molecule has 0 spiro atoms. The zero-order valence-corrected chi connectivity index (χ0v) is 9.09. The van der Waals surface area contributed by atoms with E-state index in [1.807, 2.05) is 0 Å². The second-order valence-corrected chi connectivity index (χ2v) is 5.47. The van der Waals surface area contributed by atoms with Crippen LogP contribution in [0.3, 0.4) is 0 Å². The highest BCUT2D eigenvalue weighted by Crippen LogP contribution is 2.13. The molecule has 1 rings (SSSR count). The Morgan fingerprint density at radius 3 is 2.86 bits per heavy atom. The van der Waals surface area contributed by atoms with Crippen molar-refractivity contribution in [1.82, 2.24) is 4.72 Å². The van der Waals surface area contributed by atoms with Crippen LogP contribution in [0.4, 0.5) is 0 Å². The molecule has 0 radical (unpaired) electrons. The molecule has 2 atom stereocenters. The smallest absolute Gasteiger partial charge is 0.214 e. The van der Waals surface area contributed by atoms with Gasteiger partial charge < -0.3 is 9.84 Å². The lowest BCUT2D eigenvalue weighted by Crippen LogP contribution is -2.35. The highest BCUT2D eigenvalue weighted by Gasteiger charge is 2.23. The van der Waals surface area contributed by atoms with Gasteiger partial charge in [0, 0.05) is 13.2 Å². The summed E-state index contributed by atoms with van der Waals surface area (Å²) in [7, 11) is -3.30. The van der Waals surface area contributed by atoms with E-state index in [9.17, 15) is 8.42 Å². The molecule has 1 heterocycles. The van der Waals surface area contributed by atoms with Crippen LogP contribution in [0.15, 0.2) is 0 Å². The minimum absolute atomic E-state index is 0.000278. The molecule has 1 unspecified atom stereocenters. The van der Waals surface area contributed by atoms with E-state index in [4.69, 9.17) is 9.84 Å². The van der Waals surface area contributed by atoms with Gasteiger partial charge in [0.1, 0.15) is 0 Å². The van der Waals surface area contributed by atoms with Crippen LogP contribution in [0.25, 0.3) is 0 Å². The molecular formula is C8H17NO4S. The molecule has 1 fully saturated rings. The second-order valence-electron chi connectivity index (χ2n) is 3.61. The molecule has 1 saturated heterocycles. The zero-order valence-electron chi connectivity index (χ0n) is 8.27. The molecule has 1 aliphatic rings. The molecule has 0 aromatic rings. The third kappa shape index (κ3) is 4.36. The van der Waals surface area contributed by atoms with Crippen LogP contribution in [-0.4, -0.2) is 44.6 Å². The fraction of sp³-hybridized carbons (Fsp3) is 1.00. The van der Waals surface area contributed by atoms with Gasteiger partial charge in [0.05, 0.1) is 18.0 Å². The van der Waals surface area contributed by atoms with Crippen molar-refractivity contribution in [2.45, 2.75) is 32.0 Å². The molecule has 0 aromatic carbocycles. The normalized spacial score (nSPS) is 25.1. The predicted molar refractivity (Wildman–Crippen MR) is 52.4 cm³/mol. The molecule has 2 N–H and O–H groups in total. The monoisotopic (exact) mass is 223 g/mol. The summed E-state index contributed by atoms with van der Waals surface area (Å²) in [5.74, 6) is -0.000278. The molecule has 0 aromatic heterocycles. The van der Waals surface area contributed by atoms with Gasteiger partial charge in [-0.25, -0.2) is 13.1 Å². The summed E-state index contributed by atoms with van der Waals surface area (Å²) in [6.45, 7) is 2.25. The summed E-state index contributed by atoms with van der Waals surface area (Å²) in [5, 5.41) is 8.92. The van der Waals surface area contributed by atoms with Crippen molar-refractivity contribution in [1.29, 1.82) is 0 Å². The average Bonchev–Trinajstić information content (AvgIpc) is 2.53. The van der Waals surface area contributed by atoms with Gasteiger partial charge >= 0.3 is 0 Å². The summed E-state index contributed by atoms with van der Waals surface area (Å²) in [6, 6.07) is 0. The van der Waals surface area contributed by atoms with Crippen LogP contribution in [0.1, 0.15) is 19.8 Å². The van der Waals surface area contributed by atoms with E-state index in [1.54, 1.807) is 0 Å². The van der Waals surface area contributed by atoms with Crippen LogP contribution in [-0.2, 0) is 14.8 Å². The van der Waals surface area contributed by atoms with Crippen LogP contribution < -0.4 is 4.72 Å². The highest BCUT2D eigenvalue weighted by molar-refractivity contribution is 7.89. The topological polar surface area (TPSA) is 75.6 Å². The maximum Gasteiger partial charge on any atom is 0.214 e. The minimum Gasteiger partial charge on any atom is -0.392 e. The van der Waals surface area contributed by atoms with E-state index < -0.39 is 16.1 Å². The molecule has 6 heteroatoms. The van der Waals surface area contributed by atoms with Gasteiger partial charge in [0.2, 0.25) is 10.0 Å². The molecule has 0 saturated carbocycles. The molecule has 14 heavy (non-hydrogen) atoms. The number of aliphatic hydroxyl groups excluding tert-OH is 1. The first-order valence-corrected chi connectivity index (χ1v) is 6.42. The number of nitrogens with one attached hydrogen (secondary N) is 1. The number of rotatable bonds is 5. The van der Waals surface area contributed by atoms with Crippen molar-refractivity contribution in [3.8, 4) is 0 Å². The summed E-state index contributed by atoms with van der Waals surface area (Å²) >= 11 is 0. The first kappa shape index (κ1) is 11.9. The predicted octanol–water partition coefficient (Wildman–Crippen LogP) is -0.534. The second kappa shape index (κ2) is 5.06. The van der Waals surface area contributed by atoms with Gasteiger partial charge in [-0.05, 0) is 19.8 Å². The standard InChI is InChI=1S/C8H17NO4S/c1-7(10)5-9-14(11,12)6-8-3-2-4-13-8/h7-10H,2-6H2,1H3/t7-,8?/m1/s1. The van der Waals surface area contributed by atoms with E-state index in [0.717, 1.165) is 12.8 Å². The van der Waals surface area contributed by atoms with Crippen molar-refractivity contribution < 1.29 is 18.3 Å². The fourth-order valence-corrected chi connectivity index (χ4v) is 2.69. The molecular weight excluding hydrogens is 206 g/mol. The maximum atomic E-state index is 11.4. The van der Waals surface area contributed by atoms with Gasteiger partial charge in [-0.2, -0.15) is 0 Å². The molecule has 1 aliphatic heterocycles. The summed E-state index contributed by atoms with van der Waals surface area (Å²) in [4.78, 5) is 0. The van der Waals surface area contributed by atoms with E-state index in [0.29, 0.717) is 6.61 Å².